The van der Waals surface area contributed by atoms with Crippen molar-refractivity contribution in [3.05, 3.63) is 29.8 Å². The van der Waals surface area contributed by atoms with Crippen LogP contribution < -0.4 is 10.1 Å². The zero-order valence-corrected chi connectivity index (χ0v) is 13.0. The van der Waals surface area contributed by atoms with E-state index in [1.807, 2.05) is 58.9 Å². The SMILES string of the molecule is CCOc1ccccc1C(C)NCC(=O)OC(C)(C)C. The zero-order valence-electron chi connectivity index (χ0n) is 13.0. The van der Waals surface area contributed by atoms with E-state index >= 15 is 0 Å². The van der Waals surface area contributed by atoms with Crippen LogP contribution in [0, 0.1) is 0 Å². The summed E-state index contributed by atoms with van der Waals surface area (Å²) in [4.78, 5) is 11.7. The van der Waals surface area contributed by atoms with Crippen LogP contribution in [0.15, 0.2) is 24.3 Å². The average molecular weight is 279 g/mol. The first-order valence-corrected chi connectivity index (χ1v) is 7.00. The highest BCUT2D eigenvalue weighted by molar-refractivity contribution is 5.72. The van der Waals surface area contributed by atoms with E-state index in [-0.39, 0.29) is 18.6 Å². The maximum atomic E-state index is 11.7. The Balaban J connectivity index is 2.59. The van der Waals surface area contributed by atoms with E-state index in [0.717, 1.165) is 11.3 Å². The number of nitrogens with one attached hydrogen (secondary N) is 1. The second-order valence-electron chi connectivity index (χ2n) is 5.66. The Hall–Kier alpha value is -1.55. The van der Waals surface area contributed by atoms with E-state index in [0.29, 0.717) is 6.61 Å². The third kappa shape index (κ3) is 5.61. The van der Waals surface area contributed by atoms with Gasteiger partial charge in [-0.15, -0.1) is 0 Å². The maximum absolute atomic E-state index is 11.7. The molecule has 1 N–H and O–H groups in total. The first kappa shape index (κ1) is 16.5. The van der Waals surface area contributed by atoms with Gasteiger partial charge in [0.2, 0.25) is 0 Å². The molecule has 0 amide bonds. The lowest BCUT2D eigenvalue weighted by Gasteiger charge is -2.21. The molecule has 1 aromatic carbocycles. The third-order valence-corrected chi connectivity index (χ3v) is 2.66. The summed E-state index contributed by atoms with van der Waals surface area (Å²) in [6.07, 6.45) is 0. The lowest BCUT2D eigenvalue weighted by Crippen LogP contribution is -2.32. The molecule has 0 spiro atoms. The molecular weight excluding hydrogens is 254 g/mol. The van der Waals surface area contributed by atoms with E-state index < -0.39 is 5.60 Å². The van der Waals surface area contributed by atoms with E-state index in [9.17, 15) is 4.79 Å². The second-order valence-corrected chi connectivity index (χ2v) is 5.66. The maximum Gasteiger partial charge on any atom is 0.320 e. The number of hydrogen-bond acceptors (Lipinski definition) is 4. The fourth-order valence-electron chi connectivity index (χ4n) is 1.85. The summed E-state index contributed by atoms with van der Waals surface area (Å²) in [7, 11) is 0. The molecule has 0 radical (unpaired) electrons. The van der Waals surface area contributed by atoms with E-state index in [1.54, 1.807) is 0 Å². The molecule has 1 atom stereocenters. The van der Waals surface area contributed by atoms with Crippen LogP contribution in [0.1, 0.15) is 46.2 Å². The number of esters is 1. The lowest BCUT2D eigenvalue weighted by molar-refractivity contribution is -0.153. The van der Waals surface area contributed by atoms with Gasteiger partial charge in [0.05, 0.1) is 13.2 Å². The number of ether oxygens (including phenoxy) is 2. The minimum Gasteiger partial charge on any atom is -0.494 e. The third-order valence-electron chi connectivity index (χ3n) is 2.66. The van der Waals surface area contributed by atoms with Crippen LogP contribution in [0.4, 0.5) is 0 Å². The van der Waals surface area contributed by atoms with Crippen LogP contribution in [0.3, 0.4) is 0 Å². The molecule has 4 nitrogen and oxygen atoms in total. The van der Waals surface area contributed by atoms with Crippen LogP contribution in [-0.4, -0.2) is 24.7 Å². The van der Waals surface area contributed by atoms with Crippen molar-refractivity contribution in [1.29, 1.82) is 0 Å². The van der Waals surface area contributed by atoms with Gasteiger partial charge in [-0.05, 0) is 40.7 Å². The Morgan fingerprint density at radius 2 is 1.95 bits per heavy atom. The molecule has 0 saturated heterocycles. The Labute approximate surface area is 121 Å². The van der Waals surface area contributed by atoms with Crippen molar-refractivity contribution >= 4 is 5.97 Å². The molecule has 1 rings (SSSR count). The molecule has 1 aromatic rings. The van der Waals surface area contributed by atoms with Crippen LogP contribution in [0.2, 0.25) is 0 Å². The first-order chi connectivity index (χ1) is 9.33. The van der Waals surface area contributed by atoms with Crippen molar-refractivity contribution in [3.63, 3.8) is 0 Å². The molecule has 20 heavy (non-hydrogen) atoms. The summed E-state index contributed by atoms with van der Waals surface area (Å²) in [6.45, 7) is 10.3. The topological polar surface area (TPSA) is 47.6 Å². The molecule has 4 heteroatoms. The van der Waals surface area contributed by atoms with Crippen molar-refractivity contribution in [2.24, 2.45) is 0 Å². The minimum atomic E-state index is -0.453. The normalized spacial score (nSPS) is 12.8. The molecule has 0 aliphatic heterocycles. The molecule has 0 aliphatic rings. The van der Waals surface area contributed by atoms with Crippen LogP contribution >= 0.6 is 0 Å². The quantitative estimate of drug-likeness (QED) is 0.813. The second kappa shape index (κ2) is 7.29. The Kier molecular flexibility index (Phi) is 6.02. The largest absolute Gasteiger partial charge is 0.494 e. The van der Waals surface area contributed by atoms with Gasteiger partial charge in [-0.2, -0.15) is 0 Å². The van der Waals surface area contributed by atoms with Crippen molar-refractivity contribution < 1.29 is 14.3 Å². The van der Waals surface area contributed by atoms with Crippen LogP contribution in [0.25, 0.3) is 0 Å². The highest BCUT2D eigenvalue weighted by Crippen LogP contribution is 2.24. The molecule has 0 aliphatic carbocycles. The van der Waals surface area contributed by atoms with Gasteiger partial charge in [-0.3, -0.25) is 4.79 Å². The van der Waals surface area contributed by atoms with E-state index in [2.05, 4.69) is 5.32 Å². The average Bonchev–Trinajstić information content (AvgIpc) is 2.35. The van der Waals surface area contributed by atoms with Gasteiger partial charge in [0, 0.05) is 11.6 Å². The number of rotatable bonds is 6. The van der Waals surface area contributed by atoms with E-state index in [4.69, 9.17) is 9.47 Å². The summed E-state index contributed by atoms with van der Waals surface area (Å²) in [5.74, 6) is 0.595. The highest BCUT2D eigenvalue weighted by Gasteiger charge is 2.17. The summed E-state index contributed by atoms with van der Waals surface area (Å²) >= 11 is 0. The van der Waals surface area contributed by atoms with Crippen LogP contribution in [-0.2, 0) is 9.53 Å². The molecule has 0 fully saturated rings. The Bertz CT molecular complexity index is 438. The molecule has 112 valence electrons. The van der Waals surface area contributed by atoms with Crippen LogP contribution in [0.5, 0.6) is 5.75 Å². The summed E-state index contributed by atoms with van der Waals surface area (Å²) in [5, 5.41) is 3.17. The molecule has 0 heterocycles. The lowest BCUT2D eigenvalue weighted by atomic mass is 10.1. The van der Waals surface area contributed by atoms with Crippen molar-refractivity contribution in [3.8, 4) is 5.75 Å². The van der Waals surface area contributed by atoms with Gasteiger partial charge in [0.1, 0.15) is 11.4 Å². The fourth-order valence-corrected chi connectivity index (χ4v) is 1.85. The fraction of sp³-hybridized carbons (Fsp3) is 0.562. The van der Waals surface area contributed by atoms with Gasteiger partial charge >= 0.3 is 5.97 Å². The number of para-hydroxylation sites is 1. The number of carbonyl (C=O) groups is 1. The standard InChI is InChI=1S/C16H25NO3/c1-6-19-14-10-8-7-9-13(14)12(2)17-11-15(18)20-16(3,4)5/h7-10,12,17H,6,11H2,1-5H3. The summed E-state index contributed by atoms with van der Waals surface area (Å²) in [6, 6.07) is 7.85. The highest BCUT2D eigenvalue weighted by atomic mass is 16.6. The summed E-state index contributed by atoms with van der Waals surface area (Å²) in [5.41, 5.74) is 0.587. The number of benzene rings is 1. The molecular formula is C16H25NO3. The number of carbonyl (C=O) groups excluding carboxylic acids is 1. The van der Waals surface area contributed by atoms with Gasteiger partial charge in [0.25, 0.3) is 0 Å². The van der Waals surface area contributed by atoms with Crippen molar-refractivity contribution in [2.45, 2.75) is 46.3 Å². The Morgan fingerprint density at radius 3 is 2.55 bits per heavy atom. The molecule has 0 bridgehead atoms. The van der Waals surface area contributed by atoms with Gasteiger partial charge in [-0.1, -0.05) is 18.2 Å². The van der Waals surface area contributed by atoms with E-state index in [1.165, 1.54) is 0 Å². The smallest absolute Gasteiger partial charge is 0.320 e. The summed E-state index contributed by atoms with van der Waals surface area (Å²) < 4.78 is 10.9. The first-order valence-electron chi connectivity index (χ1n) is 7.00. The van der Waals surface area contributed by atoms with Crippen molar-refractivity contribution in [1.82, 2.24) is 5.32 Å². The number of hydrogen-bond donors (Lipinski definition) is 1. The van der Waals surface area contributed by atoms with Crippen molar-refractivity contribution in [2.75, 3.05) is 13.2 Å². The molecule has 1 unspecified atom stereocenters. The minimum absolute atomic E-state index is 0.0188. The molecule has 0 aromatic heterocycles. The Morgan fingerprint density at radius 1 is 1.30 bits per heavy atom. The van der Waals surface area contributed by atoms with Gasteiger partial charge in [0.15, 0.2) is 0 Å². The monoisotopic (exact) mass is 279 g/mol. The predicted molar refractivity (Wildman–Crippen MR) is 79.9 cm³/mol. The van der Waals surface area contributed by atoms with Gasteiger partial charge in [-0.25, -0.2) is 0 Å². The zero-order chi connectivity index (χ0) is 15.2. The van der Waals surface area contributed by atoms with Gasteiger partial charge < -0.3 is 14.8 Å². The molecule has 0 saturated carbocycles. The predicted octanol–water partition coefficient (Wildman–Crippen LogP) is 3.08.